The van der Waals surface area contributed by atoms with Crippen molar-refractivity contribution in [1.82, 2.24) is 9.91 Å². The van der Waals surface area contributed by atoms with Crippen molar-refractivity contribution in [2.75, 3.05) is 6.54 Å². The van der Waals surface area contributed by atoms with E-state index in [2.05, 4.69) is 58.4 Å². The Morgan fingerprint density at radius 3 is 2.60 bits per heavy atom. The van der Waals surface area contributed by atoms with E-state index in [1.165, 1.54) is 25.7 Å². The summed E-state index contributed by atoms with van der Waals surface area (Å²) >= 11 is 2.46. The SMILES string of the molecule is CCCCCCN1N=CN(C(C)C)C1I. The molecule has 0 spiro atoms. The molecular weight excluding hydrogens is 301 g/mol. The Morgan fingerprint density at radius 1 is 1.33 bits per heavy atom. The van der Waals surface area contributed by atoms with Gasteiger partial charge in [0.1, 0.15) is 6.34 Å². The quantitative estimate of drug-likeness (QED) is 0.323. The van der Waals surface area contributed by atoms with Crippen molar-refractivity contribution in [3.8, 4) is 0 Å². The Morgan fingerprint density at radius 2 is 2.07 bits per heavy atom. The number of rotatable bonds is 6. The molecule has 3 nitrogen and oxygen atoms in total. The summed E-state index contributed by atoms with van der Waals surface area (Å²) in [5.74, 6) is 0. The van der Waals surface area contributed by atoms with Crippen LogP contribution in [0, 0.1) is 0 Å². The first-order valence-corrected chi connectivity index (χ1v) is 7.13. The topological polar surface area (TPSA) is 18.8 Å². The number of unbranched alkanes of at least 4 members (excludes halogenated alkanes) is 3. The minimum Gasteiger partial charge on any atom is -0.329 e. The van der Waals surface area contributed by atoms with E-state index in [0.717, 1.165) is 6.54 Å². The Labute approximate surface area is 107 Å². The smallest absolute Gasteiger partial charge is 0.171 e. The van der Waals surface area contributed by atoms with Gasteiger partial charge in [0.25, 0.3) is 0 Å². The van der Waals surface area contributed by atoms with Crippen LogP contribution in [0.2, 0.25) is 0 Å². The van der Waals surface area contributed by atoms with Crippen molar-refractivity contribution in [2.45, 2.75) is 56.7 Å². The molecule has 1 unspecified atom stereocenters. The predicted molar refractivity (Wildman–Crippen MR) is 74.1 cm³/mol. The van der Waals surface area contributed by atoms with Gasteiger partial charge in [-0.3, -0.25) is 5.01 Å². The van der Waals surface area contributed by atoms with E-state index < -0.39 is 0 Å². The molecule has 1 rings (SSSR count). The Bertz CT molecular complexity index is 206. The lowest BCUT2D eigenvalue weighted by molar-refractivity contribution is 0.194. The summed E-state index contributed by atoms with van der Waals surface area (Å²) in [6, 6.07) is 0.538. The van der Waals surface area contributed by atoms with E-state index in [1.807, 2.05) is 6.34 Å². The van der Waals surface area contributed by atoms with Crippen LogP contribution >= 0.6 is 22.6 Å². The first-order valence-electron chi connectivity index (χ1n) is 5.89. The molecule has 0 radical (unpaired) electrons. The van der Waals surface area contributed by atoms with Gasteiger partial charge in [0.2, 0.25) is 0 Å². The zero-order valence-corrected chi connectivity index (χ0v) is 12.1. The number of alkyl halides is 1. The average Bonchev–Trinajstić information content (AvgIpc) is 2.55. The van der Waals surface area contributed by atoms with Crippen LogP contribution in [0.3, 0.4) is 0 Å². The molecule has 1 heterocycles. The predicted octanol–water partition coefficient (Wildman–Crippen LogP) is 3.25. The molecule has 0 aromatic rings. The van der Waals surface area contributed by atoms with Gasteiger partial charge in [-0.15, -0.1) is 0 Å². The summed E-state index contributed by atoms with van der Waals surface area (Å²) in [4.78, 5) is 2.29. The highest BCUT2D eigenvalue weighted by molar-refractivity contribution is 14.1. The highest BCUT2D eigenvalue weighted by Crippen LogP contribution is 2.21. The second kappa shape index (κ2) is 6.55. The Hall–Kier alpha value is 0. The molecule has 0 saturated carbocycles. The molecule has 0 aromatic heterocycles. The Balaban J connectivity index is 2.25. The zero-order chi connectivity index (χ0) is 11.3. The van der Waals surface area contributed by atoms with Crippen molar-refractivity contribution in [2.24, 2.45) is 5.10 Å². The fourth-order valence-electron chi connectivity index (χ4n) is 1.63. The summed E-state index contributed by atoms with van der Waals surface area (Å²) in [5, 5.41) is 6.63. The maximum absolute atomic E-state index is 4.44. The van der Waals surface area contributed by atoms with Crippen LogP contribution in [0.15, 0.2) is 5.10 Å². The number of hydrogen-bond acceptors (Lipinski definition) is 3. The standard InChI is InChI=1S/C11H22IN3/c1-4-5-6-7-8-15-11(12)14(9-13-15)10(2)3/h9-11H,4-8H2,1-3H3. The van der Waals surface area contributed by atoms with Crippen LogP contribution in [0.5, 0.6) is 0 Å². The monoisotopic (exact) mass is 323 g/mol. The minimum atomic E-state index is 0.407. The van der Waals surface area contributed by atoms with Crippen molar-refractivity contribution in [3.05, 3.63) is 0 Å². The van der Waals surface area contributed by atoms with Gasteiger partial charge in [0, 0.05) is 12.6 Å². The molecule has 0 aliphatic carbocycles. The molecule has 15 heavy (non-hydrogen) atoms. The van der Waals surface area contributed by atoms with Gasteiger partial charge in [0.05, 0.1) is 0 Å². The first-order chi connectivity index (χ1) is 7.16. The molecule has 0 bridgehead atoms. The van der Waals surface area contributed by atoms with Gasteiger partial charge < -0.3 is 4.90 Å². The number of hydrazone groups is 1. The second-order valence-corrected chi connectivity index (χ2v) is 5.42. The zero-order valence-electron chi connectivity index (χ0n) is 9.99. The van der Waals surface area contributed by atoms with Crippen LogP contribution in [0.25, 0.3) is 0 Å². The van der Waals surface area contributed by atoms with Crippen LogP contribution in [-0.4, -0.2) is 33.0 Å². The lowest BCUT2D eigenvalue weighted by Gasteiger charge is -2.28. The van der Waals surface area contributed by atoms with Crippen LogP contribution in [0.4, 0.5) is 0 Å². The van der Waals surface area contributed by atoms with Crippen molar-refractivity contribution >= 4 is 28.9 Å². The molecule has 4 heteroatoms. The molecule has 1 aliphatic rings. The minimum absolute atomic E-state index is 0.407. The van der Waals surface area contributed by atoms with Crippen molar-refractivity contribution in [3.63, 3.8) is 0 Å². The third-order valence-corrected chi connectivity index (χ3v) is 3.95. The largest absolute Gasteiger partial charge is 0.329 e. The number of halogens is 1. The number of nitrogens with zero attached hydrogens (tertiary/aromatic N) is 3. The third-order valence-electron chi connectivity index (χ3n) is 2.66. The fraction of sp³-hybridized carbons (Fsp3) is 0.909. The van der Waals surface area contributed by atoms with E-state index in [9.17, 15) is 0 Å². The van der Waals surface area contributed by atoms with Gasteiger partial charge >= 0.3 is 0 Å². The Kier molecular flexibility index (Phi) is 5.71. The summed E-state index contributed by atoms with van der Waals surface area (Å²) in [7, 11) is 0. The molecule has 1 atom stereocenters. The van der Waals surface area contributed by atoms with E-state index in [0.29, 0.717) is 10.2 Å². The molecule has 0 aromatic carbocycles. The van der Waals surface area contributed by atoms with Crippen LogP contribution in [0.1, 0.15) is 46.5 Å². The van der Waals surface area contributed by atoms with E-state index in [1.54, 1.807) is 0 Å². The normalized spacial score (nSPS) is 20.7. The highest BCUT2D eigenvalue weighted by atomic mass is 127. The highest BCUT2D eigenvalue weighted by Gasteiger charge is 2.25. The molecule has 0 fully saturated rings. The molecule has 0 amide bonds. The molecular formula is C11H22IN3. The van der Waals surface area contributed by atoms with Crippen molar-refractivity contribution in [1.29, 1.82) is 0 Å². The van der Waals surface area contributed by atoms with Gasteiger partial charge in [0.15, 0.2) is 4.17 Å². The van der Waals surface area contributed by atoms with Gasteiger partial charge in [-0.05, 0) is 42.9 Å². The average molecular weight is 323 g/mol. The van der Waals surface area contributed by atoms with E-state index in [4.69, 9.17) is 0 Å². The van der Waals surface area contributed by atoms with Gasteiger partial charge in [-0.25, -0.2) is 0 Å². The fourth-order valence-corrected chi connectivity index (χ4v) is 2.84. The number of hydrogen-bond donors (Lipinski definition) is 0. The molecule has 88 valence electrons. The van der Waals surface area contributed by atoms with Crippen LogP contribution < -0.4 is 0 Å². The summed E-state index contributed by atoms with van der Waals surface area (Å²) in [6.07, 6.45) is 7.21. The molecule has 0 N–H and O–H groups in total. The molecule has 1 aliphatic heterocycles. The lowest BCUT2D eigenvalue weighted by atomic mass is 10.2. The third kappa shape index (κ3) is 3.81. The second-order valence-electron chi connectivity index (χ2n) is 4.31. The van der Waals surface area contributed by atoms with E-state index >= 15 is 0 Å². The van der Waals surface area contributed by atoms with Gasteiger partial charge in [-0.2, -0.15) is 5.10 Å². The van der Waals surface area contributed by atoms with E-state index in [-0.39, 0.29) is 0 Å². The first kappa shape index (κ1) is 13.1. The van der Waals surface area contributed by atoms with Crippen molar-refractivity contribution < 1.29 is 0 Å². The summed E-state index contributed by atoms with van der Waals surface area (Å²) in [6.45, 7) is 7.75. The van der Waals surface area contributed by atoms with Gasteiger partial charge in [-0.1, -0.05) is 26.2 Å². The summed E-state index contributed by atoms with van der Waals surface area (Å²) < 4.78 is 0.407. The lowest BCUT2D eigenvalue weighted by Crippen LogP contribution is -2.39. The summed E-state index contributed by atoms with van der Waals surface area (Å²) in [5.41, 5.74) is 0. The van der Waals surface area contributed by atoms with Crippen LogP contribution in [-0.2, 0) is 0 Å². The maximum atomic E-state index is 4.44. The molecule has 0 saturated heterocycles. The maximum Gasteiger partial charge on any atom is 0.171 e.